The highest BCUT2D eigenvalue weighted by Gasteiger charge is 2.15. The van der Waals surface area contributed by atoms with Crippen molar-refractivity contribution in [2.75, 3.05) is 5.32 Å². The van der Waals surface area contributed by atoms with Crippen molar-refractivity contribution in [2.45, 2.75) is 39.8 Å². The molecule has 1 aromatic carbocycles. The second kappa shape index (κ2) is 8.26. The highest BCUT2D eigenvalue weighted by atomic mass is 19.1. The van der Waals surface area contributed by atoms with E-state index in [1.54, 1.807) is 39.1 Å². The summed E-state index contributed by atoms with van der Waals surface area (Å²) in [5.41, 5.74) is -0.115. The maximum absolute atomic E-state index is 14.4. The molecule has 152 valence electrons. The van der Waals surface area contributed by atoms with Gasteiger partial charge in [-0.3, -0.25) is 9.97 Å². The van der Waals surface area contributed by atoms with Gasteiger partial charge in [0.25, 0.3) is 0 Å². The first-order valence-corrected chi connectivity index (χ1v) is 9.14. The first-order valence-electron chi connectivity index (χ1n) is 9.14. The van der Waals surface area contributed by atoms with Crippen LogP contribution in [0.25, 0.3) is 0 Å². The van der Waals surface area contributed by atoms with E-state index in [1.165, 1.54) is 12.1 Å². The first kappa shape index (κ1) is 20.2. The van der Waals surface area contributed by atoms with Gasteiger partial charge in [-0.1, -0.05) is 0 Å². The summed E-state index contributed by atoms with van der Waals surface area (Å²) in [5, 5.41) is 2.86. The van der Waals surface area contributed by atoms with Crippen LogP contribution in [0.15, 0.2) is 46.1 Å². The third kappa shape index (κ3) is 4.68. The Morgan fingerprint density at radius 1 is 1.14 bits per heavy atom. The Labute approximate surface area is 166 Å². The first-order chi connectivity index (χ1) is 13.7. The van der Waals surface area contributed by atoms with Gasteiger partial charge < -0.3 is 10.1 Å². The molecule has 3 rings (SSSR count). The van der Waals surface area contributed by atoms with Gasteiger partial charge in [0.05, 0.1) is 12.2 Å². The number of ether oxygens (including phenoxy) is 1. The molecule has 0 amide bonds. The van der Waals surface area contributed by atoms with Gasteiger partial charge >= 0.3 is 11.4 Å². The Morgan fingerprint density at radius 2 is 1.86 bits per heavy atom. The number of rotatable bonds is 6. The standard InChI is InChI=1S/C20H22FN5O3/c1-11(2)26-19(27)24-18(25-20(26)28)23-13(4)16-9-14(7-8-17(16)21)29-15-6-5-12(3)22-10-15/h5-11,13H,1-4H3,(H2,23,24,25,27,28)/t13-/m0/s1. The number of pyridine rings is 1. The third-order valence-corrected chi connectivity index (χ3v) is 4.28. The summed E-state index contributed by atoms with van der Waals surface area (Å²) in [6.45, 7) is 6.96. The quantitative estimate of drug-likeness (QED) is 0.659. The average molecular weight is 399 g/mol. The predicted molar refractivity (Wildman–Crippen MR) is 107 cm³/mol. The van der Waals surface area contributed by atoms with Crippen LogP contribution < -0.4 is 21.4 Å². The lowest BCUT2D eigenvalue weighted by Gasteiger charge is -2.17. The van der Waals surface area contributed by atoms with E-state index < -0.39 is 23.2 Å². The molecule has 2 N–H and O–H groups in total. The summed E-state index contributed by atoms with van der Waals surface area (Å²) in [4.78, 5) is 34.6. The lowest BCUT2D eigenvalue weighted by molar-refractivity contribution is 0.475. The van der Waals surface area contributed by atoms with E-state index in [2.05, 4.69) is 20.3 Å². The number of halogens is 1. The molecule has 0 bridgehead atoms. The molecule has 9 heteroatoms. The summed E-state index contributed by atoms with van der Waals surface area (Å²) in [7, 11) is 0. The number of nitrogens with zero attached hydrogens (tertiary/aromatic N) is 3. The fourth-order valence-electron chi connectivity index (χ4n) is 2.80. The van der Waals surface area contributed by atoms with E-state index >= 15 is 0 Å². The van der Waals surface area contributed by atoms with Gasteiger partial charge in [0, 0.05) is 17.3 Å². The van der Waals surface area contributed by atoms with Crippen molar-refractivity contribution in [1.82, 2.24) is 19.5 Å². The molecule has 0 fully saturated rings. The van der Waals surface area contributed by atoms with Gasteiger partial charge in [-0.2, -0.15) is 4.98 Å². The molecule has 0 unspecified atom stereocenters. The van der Waals surface area contributed by atoms with Crippen LogP contribution in [0.4, 0.5) is 10.3 Å². The van der Waals surface area contributed by atoms with E-state index in [0.29, 0.717) is 17.1 Å². The molecule has 0 aliphatic heterocycles. The van der Waals surface area contributed by atoms with Crippen LogP contribution in [0, 0.1) is 12.7 Å². The highest BCUT2D eigenvalue weighted by molar-refractivity contribution is 5.38. The van der Waals surface area contributed by atoms with Crippen molar-refractivity contribution >= 4 is 5.95 Å². The minimum Gasteiger partial charge on any atom is -0.456 e. The summed E-state index contributed by atoms with van der Waals surface area (Å²) >= 11 is 0. The topological polar surface area (TPSA) is 102 Å². The molecule has 1 atom stereocenters. The Bertz CT molecular complexity index is 1090. The SMILES string of the molecule is Cc1ccc(Oc2ccc(F)c([C@H](C)Nc3nc(=O)n(C(C)C)c(=O)[nH]3)c2)cn1. The van der Waals surface area contributed by atoms with E-state index in [9.17, 15) is 14.0 Å². The highest BCUT2D eigenvalue weighted by Crippen LogP contribution is 2.27. The second-order valence-corrected chi connectivity index (χ2v) is 6.92. The van der Waals surface area contributed by atoms with Gasteiger partial charge in [0.2, 0.25) is 5.95 Å². The number of aryl methyl sites for hydroxylation is 1. The van der Waals surface area contributed by atoms with Crippen molar-refractivity contribution in [1.29, 1.82) is 0 Å². The molecule has 2 aromatic heterocycles. The molecular formula is C20H22FN5O3. The van der Waals surface area contributed by atoms with E-state index in [-0.39, 0.29) is 12.0 Å². The monoisotopic (exact) mass is 399 g/mol. The maximum Gasteiger partial charge on any atom is 0.355 e. The van der Waals surface area contributed by atoms with Crippen molar-refractivity contribution < 1.29 is 9.13 Å². The Balaban J connectivity index is 1.84. The fourth-order valence-corrected chi connectivity index (χ4v) is 2.80. The zero-order valence-corrected chi connectivity index (χ0v) is 16.6. The molecule has 0 saturated heterocycles. The Morgan fingerprint density at radius 3 is 2.48 bits per heavy atom. The average Bonchev–Trinajstić information content (AvgIpc) is 2.64. The molecule has 29 heavy (non-hydrogen) atoms. The fraction of sp³-hybridized carbons (Fsp3) is 0.300. The van der Waals surface area contributed by atoms with E-state index in [0.717, 1.165) is 10.3 Å². The molecule has 2 heterocycles. The van der Waals surface area contributed by atoms with Gasteiger partial charge in [-0.15, -0.1) is 0 Å². The minimum absolute atomic E-state index is 0.0298. The van der Waals surface area contributed by atoms with Gasteiger partial charge in [-0.25, -0.2) is 18.5 Å². The Kier molecular flexibility index (Phi) is 5.76. The van der Waals surface area contributed by atoms with Crippen LogP contribution in [-0.2, 0) is 0 Å². The molecule has 0 spiro atoms. The van der Waals surface area contributed by atoms with Gasteiger partial charge in [0.1, 0.15) is 17.3 Å². The van der Waals surface area contributed by atoms with Crippen LogP contribution in [-0.4, -0.2) is 19.5 Å². The number of hydrogen-bond acceptors (Lipinski definition) is 6. The number of aromatic nitrogens is 4. The van der Waals surface area contributed by atoms with E-state index in [1.807, 2.05) is 13.0 Å². The van der Waals surface area contributed by atoms with Crippen molar-refractivity contribution in [3.8, 4) is 11.5 Å². The van der Waals surface area contributed by atoms with Crippen LogP contribution in [0.1, 0.15) is 44.1 Å². The summed E-state index contributed by atoms with van der Waals surface area (Å²) in [5.74, 6) is 0.463. The molecule has 0 saturated carbocycles. The normalized spacial score (nSPS) is 12.1. The number of H-pyrrole nitrogens is 1. The lowest BCUT2D eigenvalue weighted by Crippen LogP contribution is -2.39. The maximum atomic E-state index is 14.4. The van der Waals surface area contributed by atoms with Crippen LogP contribution in [0.5, 0.6) is 11.5 Å². The molecule has 8 nitrogen and oxygen atoms in total. The smallest absolute Gasteiger partial charge is 0.355 e. The zero-order valence-electron chi connectivity index (χ0n) is 16.6. The number of hydrogen-bond donors (Lipinski definition) is 2. The summed E-state index contributed by atoms with van der Waals surface area (Å²) in [6.07, 6.45) is 1.58. The Hall–Kier alpha value is -3.49. The largest absolute Gasteiger partial charge is 0.456 e. The van der Waals surface area contributed by atoms with Crippen LogP contribution >= 0.6 is 0 Å². The third-order valence-electron chi connectivity index (χ3n) is 4.28. The predicted octanol–water partition coefficient (Wildman–Crippen LogP) is 3.32. The van der Waals surface area contributed by atoms with Crippen molar-refractivity contribution in [3.05, 3.63) is 74.6 Å². The molecule has 0 radical (unpaired) electrons. The van der Waals surface area contributed by atoms with Crippen LogP contribution in [0.2, 0.25) is 0 Å². The summed E-state index contributed by atoms with van der Waals surface area (Å²) in [6, 6.07) is 7.00. The van der Waals surface area contributed by atoms with Gasteiger partial charge in [-0.05, 0) is 58.0 Å². The van der Waals surface area contributed by atoms with Crippen molar-refractivity contribution in [2.24, 2.45) is 0 Å². The van der Waals surface area contributed by atoms with E-state index in [4.69, 9.17) is 4.74 Å². The molecule has 0 aliphatic rings. The lowest BCUT2D eigenvalue weighted by atomic mass is 10.1. The van der Waals surface area contributed by atoms with Gasteiger partial charge in [0.15, 0.2) is 0 Å². The number of aromatic amines is 1. The number of nitrogens with one attached hydrogen (secondary N) is 2. The summed E-state index contributed by atoms with van der Waals surface area (Å²) < 4.78 is 21.1. The van der Waals surface area contributed by atoms with Crippen LogP contribution in [0.3, 0.4) is 0 Å². The zero-order chi connectivity index (χ0) is 21.1. The second-order valence-electron chi connectivity index (χ2n) is 6.92. The molecule has 0 aliphatic carbocycles. The molecular weight excluding hydrogens is 377 g/mol. The minimum atomic E-state index is -0.678. The molecule has 3 aromatic rings. The number of benzene rings is 1. The number of anilines is 1. The van der Waals surface area contributed by atoms with Crippen molar-refractivity contribution in [3.63, 3.8) is 0 Å².